The first kappa shape index (κ1) is 46.9. The number of hydrogen-bond acceptors (Lipinski definition) is 14. The second-order valence-electron chi connectivity index (χ2n) is 12.7. The molecule has 4 aromatic rings. The van der Waals surface area contributed by atoms with E-state index in [9.17, 15) is 30.4 Å². The molecule has 0 heterocycles. The van der Waals surface area contributed by atoms with Gasteiger partial charge in [-0.15, -0.1) is 0 Å². The smallest absolute Gasteiger partial charge is 0.241 e. The van der Waals surface area contributed by atoms with Crippen molar-refractivity contribution in [2.75, 3.05) is 113 Å². The van der Waals surface area contributed by atoms with E-state index >= 15 is 0 Å². The molecule has 0 fully saturated rings. The van der Waals surface area contributed by atoms with E-state index in [1.807, 2.05) is 13.8 Å². The van der Waals surface area contributed by atoms with Crippen LogP contribution in [-0.2, 0) is 63.2 Å². The molecule has 0 aliphatic rings. The molecule has 57 heavy (non-hydrogen) atoms. The quantitative estimate of drug-likeness (QED) is 0.0422. The van der Waals surface area contributed by atoms with Crippen LogP contribution in [0.3, 0.4) is 0 Å². The number of phenolic OH excluding ortho intramolecular Hbond substituents is 1. The number of ether oxygens (including phenoxy) is 7. The first-order valence-electron chi connectivity index (χ1n) is 18.8. The Hall–Kier alpha value is -2.83. The van der Waals surface area contributed by atoms with Crippen molar-refractivity contribution in [3.8, 4) is 5.75 Å². The lowest BCUT2D eigenvalue weighted by molar-refractivity contribution is 0.0262. The zero-order valence-corrected chi connectivity index (χ0v) is 35.1. The van der Waals surface area contributed by atoms with Gasteiger partial charge in [-0.3, -0.25) is 0 Å². The standard InChI is InChI=1S/C37H55N3O14S3/c1-4-13-49-20-22-51-15-10-38-55(42,43)33-26-32(41)28-6-7-30-34(56(44,45)39-12-17-53-24-25-54-19-18-48-3)27-35(31-9-8-29(33)36(28)37(30)31)57(46,47)40-11-16-52-23-21-50-14-5-2/h6-9,26-27,38-41H,4-5,10-25H2,1-3H3. The highest BCUT2D eigenvalue weighted by atomic mass is 32.2. The molecule has 17 nitrogen and oxygen atoms in total. The van der Waals surface area contributed by atoms with Crippen LogP contribution in [0.25, 0.3) is 32.3 Å². The Morgan fingerprint density at radius 2 is 0.772 bits per heavy atom. The highest BCUT2D eigenvalue weighted by Crippen LogP contribution is 2.44. The number of nitrogens with one attached hydrogen (secondary N) is 3. The van der Waals surface area contributed by atoms with E-state index in [0.717, 1.165) is 25.0 Å². The second kappa shape index (κ2) is 23.1. The van der Waals surface area contributed by atoms with Gasteiger partial charge < -0.3 is 38.3 Å². The molecule has 4 N–H and O–H groups in total. The van der Waals surface area contributed by atoms with Gasteiger partial charge in [0, 0.05) is 78.3 Å². The molecule has 0 aromatic heterocycles. The number of phenols is 1. The van der Waals surface area contributed by atoms with Crippen molar-refractivity contribution in [1.82, 2.24) is 14.2 Å². The molecule has 0 aliphatic heterocycles. The van der Waals surface area contributed by atoms with Gasteiger partial charge in [-0.05, 0) is 25.0 Å². The third-order valence-corrected chi connectivity index (χ3v) is 13.0. The first-order chi connectivity index (χ1) is 27.4. The van der Waals surface area contributed by atoms with Gasteiger partial charge in [0.2, 0.25) is 30.1 Å². The van der Waals surface area contributed by atoms with Crippen LogP contribution in [-0.4, -0.2) is 143 Å². The van der Waals surface area contributed by atoms with E-state index in [2.05, 4.69) is 14.2 Å². The van der Waals surface area contributed by atoms with Crippen LogP contribution in [0.1, 0.15) is 26.7 Å². The lowest BCUT2D eigenvalue weighted by atomic mass is 9.94. The Morgan fingerprint density at radius 1 is 0.456 bits per heavy atom. The molecular weight excluding hydrogens is 807 g/mol. The van der Waals surface area contributed by atoms with Gasteiger partial charge in [-0.25, -0.2) is 39.4 Å². The maximum Gasteiger partial charge on any atom is 0.241 e. The first-order valence-corrected chi connectivity index (χ1v) is 23.3. The summed E-state index contributed by atoms with van der Waals surface area (Å²) >= 11 is 0. The summed E-state index contributed by atoms with van der Waals surface area (Å²) in [6.07, 6.45) is 1.71. The lowest BCUT2D eigenvalue weighted by Gasteiger charge is -2.20. The van der Waals surface area contributed by atoms with Crippen molar-refractivity contribution >= 4 is 62.4 Å². The zero-order valence-electron chi connectivity index (χ0n) is 32.7. The van der Waals surface area contributed by atoms with E-state index < -0.39 is 35.8 Å². The van der Waals surface area contributed by atoms with Gasteiger partial charge >= 0.3 is 0 Å². The predicted octanol–water partition coefficient (Wildman–Crippen LogP) is 2.69. The summed E-state index contributed by atoms with van der Waals surface area (Å²) in [6, 6.07) is 7.99. The number of benzene rings is 4. The summed E-state index contributed by atoms with van der Waals surface area (Å²) in [7, 11) is -11.5. The van der Waals surface area contributed by atoms with Crippen LogP contribution in [0.15, 0.2) is 51.1 Å². The molecule has 0 atom stereocenters. The van der Waals surface area contributed by atoms with Crippen LogP contribution >= 0.6 is 0 Å². The summed E-state index contributed by atoms with van der Waals surface area (Å²) in [4.78, 5) is -1.03. The fraction of sp³-hybridized carbons (Fsp3) is 0.568. The topological polar surface area (TPSA) is 223 Å². The maximum absolute atomic E-state index is 14.0. The molecule has 0 radical (unpaired) electrons. The van der Waals surface area contributed by atoms with Gasteiger partial charge in [0.05, 0.1) is 87.4 Å². The lowest BCUT2D eigenvalue weighted by Crippen LogP contribution is -2.30. The van der Waals surface area contributed by atoms with Crippen molar-refractivity contribution < 1.29 is 63.5 Å². The molecule has 0 aliphatic carbocycles. The maximum atomic E-state index is 14.0. The number of rotatable bonds is 31. The number of methoxy groups -OCH3 is 1. The normalized spacial score (nSPS) is 12.8. The Labute approximate surface area is 335 Å². The summed E-state index contributed by atoms with van der Waals surface area (Å²) in [6.45, 7) is 7.38. The van der Waals surface area contributed by atoms with Gasteiger partial charge in [0.25, 0.3) is 0 Å². The molecule has 0 saturated heterocycles. The van der Waals surface area contributed by atoms with Crippen molar-refractivity contribution in [1.29, 1.82) is 0 Å². The van der Waals surface area contributed by atoms with Gasteiger partial charge in [-0.1, -0.05) is 32.0 Å². The number of sulfonamides is 3. The highest BCUT2D eigenvalue weighted by Gasteiger charge is 2.29. The number of hydrogen-bond donors (Lipinski definition) is 4. The summed E-state index contributed by atoms with van der Waals surface area (Å²) in [5, 5.41) is 12.0. The van der Waals surface area contributed by atoms with Crippen molar-refractivity contribution in [3.05, 3.63) is 36.4 Å². The van der Waals surface area contributed by atoms with Crippen LogP contribution in [0.4, 0.5) is 0 Å². The van der Waals surface area contributed by atoms with E-state index in [1.165, 1.54) is 24.3 Å². The predicted molar refractivity (Wildman–Crippen MR) is 215 cm³/mol. The molecule has 0 unspecified atom stereocenters. The van der Waals surface area contributed by atoms with Crippen molar-refractivity contribution in [2.45, 2.75) is 41.4 Å². The Balaban J connectivity index is 1.70. The summed E-state index contributed by atoms with van der Waals surface area (Å²) < 4.78 is 128. The molecule has 4 aromatic carbocycles. The molecule has 320 valence electrons. The average molecular weight is 862 g/mol. The van der Waals surface area contributed by atoms with Gasteiger partial charge in [0.1, 0.15) is 5.75 Å². The highest BCUT2D eigenvalue weighted by molar-refractivity contribution is 7.90. The summed E-state index contributed by atoms with van der Waals surface area (Å²) in [5.74, 6) is -0.404. The van der Waals surface area contributed by atoms with E-state index in [0.29, 0.717) is 39.6 Å². The SMILES string of the molecule is CCCOCCOCCNS(=O)(=O)c1cc(O)c2ccc3c(S(=O)(=O)NCCOCCOCCOC)cc(S(=O)(=O)NCCOCCOCCC)c4ccc1c2c43. The van der Waals surface area contributed by atoms with E-state index in [1.54, 1.807) is 7.11 Å². The summed E-state index contributed by atoms with van der Waals surface area (Å²) in [5.41, 5.74) is 0. The Kier molecular flexibility index (Phi) is 19.0. The largest absolute Gasteiger partial charge is 0.507 e. The fourth-order valence-corrected chi connectivity index (χ4v) is 9.71. The number of aromatic hydroxyl groups is 1. The molecule has 0 saturated carbocycles. The van der Waals surface area contributed by atoms with Crippen LogP contribution < -0.4 is 14.2 Å². The monoisotopic (exact) mass is 861 g/mol. The zero-order chi connectivity index (χ0) is 41.3. The Bertz CT molecular complexity index is 2190. The molecule has 0 spiro atoms. The fourth-order valence-electron chi connectivity index (χ4n) is 5.92. The molecular formula is C37H55N3O14S3. The molecule has 0 bridgehead atoms. The van der Waals surface area contributed by atoms with Crippen molar-refractivity contribution in [2.24, 2.45) is 0 Å². The minimum absolute atomic E-state index is 0.00529. The third-order valence-electron chi connectivity index (χ3n) is 8.49. The van der Waals surface area contributed by atoms with Gasteiger partial charge in [0.15, 0.2) is 0 Å². The Morgan fingerprint density at radius 3 is 1.16 bits per heavy atom. The molecule has 0 amide bonds. The minimum atomic E-state index is -4.41. The van der Waals surface area contributed by atoms with E-state index in [-0.39, 0.29) is 113 Å². The molecule has 4 rings (SSSR count). The third kappa shape index (κ3) is 13.1. The average Bonchev–Trinajstić information content (AvgIpc) is 3.18. The van der Waals surface area contributed by atoms with Crippen LogP contribution in [0.2, 0.25) is 0 Å². The second-order valence-corrected chi connectivity index (χ2v) is 17.9. The van der Waals surface area contributed by atoms with E-state index in [4.69, 9.17) is 33.2 Å². The molecule has 20 heteroatoms. The van der Waals surface area contributed by atoms with Crippen LogP contribution in [0, 0.1) is 0 Å². The van der Waals surface area contributed by atoms with Crippen LogP contribution in [0.5, 0.6) is 5.75 Å². The minimum Gasteiger partial charge on any atom is -0.507 e. The van der Waals surface area contributed by atoms with Gasteiger partial charge in [-0.2, -0.15) is 0 Å². The van der Waals surface area contributed by atoms with Crippen molar-refractivity contribution in [3.63, 3.8) is 0 Å².